The van der Waals surface area contributed by atoms with Crippen LogP contribution in [0.3, 0.4) is 0 Å². The molecule has 1 saturated heterocycles. The maximum absolute atomic E-state index is 13.4. The Morgan fingerprint density at radius 2 is 1.94 bits per heavy atom. The van der Waals surface area contributed by atoms with Crippen molar-refractivity contribution in [2.45, 2.75) is 32.2 Å². The van der Waals surface area contributed by atoms with Crippen LogP contribution in [0.15, 0.2) is 36.5 Å². The van der Waals surface area contributed by atoms with Crippen LogP contribution < -0.4 is 5.32 Å². The van der Waals surface area contributed by atoms with E-state index in [4.69, 9.17) is 9.97 Å². The number of nitrogens with zero attached hydrogens (tertiary/aromatic N) is 5. The van der Waals surface area contributed by atoms with E-state index in [-0.39, 0.29) is 17.7 Å². The molecule has 5 rings (SSSR count). The Balaban J connectivity index is 1.42. The molecule has 1 aromatic carbocycles. The first kappa shape index (κ1) is 20.4. The van der Waals surface area contributed by atoms with Gasteiger partial charge in [0, 0.05) is 63.1 Å². The second kappa shape index (κ2) is 8.18. The van der Waals surface area contributed by atoms with Crippen molar-refractivity contribution in [2.24, 2.45) is 0 Å². The number of pyridine rings is 1. The van der Waals surface area contributed by atoms with E-state index in [2.05, 4.69) is 10.3 Å². The predicted molar refractivity (Wildman–Crippen MR) is 121 cm³/mol. The highest BCUT2D eigenvalue weighted by Crippen LogP contribution is 2.31. The van der Waals surface area contributed by atoms with E-state index in [1.54, 1.807) is 13.1 Å². The molecule has 2 amide bonds. The maximum atomic E-state index is 13.4. The highest BCUT2D eigenvalue weighted by Gasteiger charge is 2.31. The number of nitrogens with one attached hydrogen (secondary N) is 1. The van der Waals surface area contributed by atoms with Gasteiger partial charge in [-0.05, 0) is 18.6 Å². The molecule has 1 N–H and O–H groups in total. The van der Waals surface area contributed by atoms with Crippen LogP contribution in [0, 0.1) is 0 Å². The topological polar surface area (TPSA) is 91.3 Å². The van der Waals surface area contributed by atoms with Crippen molar-refractivity contribution in [1.29, 1.82) is 0 Å². The normalized spacial score (nSPS) is 18.0. The molecule has 8 heteroatoms. The molecule has 164 valence electrons. The lowest BCUT2D eigenvalue weighted by atomic mass is 10.0. The summed E-state index contributed by atoms with van der Waals surface area (Å²) in [6.07, 6.45) is 3.27. The third-order valence-electron chi connectivity index (χ3n) is 6.46. The molecule has 2 aromatic heterocycles. The number of benzene rings is 1. The summed E-state index contributed by atoms with van der Waals surface area (Å²) in [5.74, 6) is 1.77. The third kappa shape index (κ3) is 3.55. The van der Waals surface area contributed by atoms with Crippen molar-refractivity contribution in [1.82, 2.24) is 24.8 Å². The van der Waals surface area contributed by atoms with Gasteiger partial charge in [0.05, 0.1) is 23.3 Å². The van der Waals surface area contributed by atoms with Crippen LogP contribution in [0.5, 0.6) is 0 Å². The minimum Gasteiger partial charge on any atom is -0.373 e. The molecule has 4 heterocycles. The lowest BCUT2D eigenvalue weighted by molar-refractivity contribution is -0.127. The van der Waals surface area contributed by atoms with Crippen LogP contribution >= 0.6 is 0 Å². The van der Waals surface area contributed by atoms with E-state index in [1.165, 1.54) is 0 Å². The summed E-state index contributed by atoms with van der Waals surface area (Å²) in [5.41, 5.74) is 3.29. The molecule has 0 unspecified atom stereocenters. The number of carbonyl (C=O) groups excluding carboxylic acids is 2. The van der Waals surface area contributed by atoms with E-state index < -0.39 is 0 Å². The highest BCUT2D eigenvalue weighted by atomic mass is 16.2. The number of anilines is 1. The summed E-state index contributed by atoms with van der Waals surface area (Å²) in [7, 11) is 1.85. The van der Waals surface area contributed by atoms with Crippen molar-refractivity contribution in [3.05, 3.63) is 59.2 Å². The van der Waals surface area contributed by atoms with Gasteiger partial charge in [-0.1, -0.05) is 18.2 Å². The number of rotatable bonds is 3. The van der Waals surface area contributed by atoms with Crippen LogP contribution in [0.2, 0.25) is 0 Å². The maximum Gasteiger partial charge on any atom is 0.256 e. The molecular formula is C24H26N6O2. The van der Waals surface area contributed by atoms with Crippen LogP contribution in [0.25, 0.3) is 10.9 Å². The summed E-state index contributed by atoms with van der Waals surface area (Å²) >= 11 is 0. The van der Waals surface area contributed by atoms with Gasteiger partial charge in [0.2, 0.25) is 5.91 Å². The number of hydrogen-bond acceptors (Lipinski definition) is 6. The predicted octanol–water partition coefficient (Wildman–Crippen LogP) is 2.60. The molecule has 2 aliphatic heterocycles. The zero-order chi connectivity index (χ0) is 22.2. The van der Waals surface area contributed by atoms with Crippen LogP contribution in [-0.2, 0) is 17.8 Å². The number of hydrogen-bond donors (Lipinski definition) is 1. The van der Waals surface area contributed by atoms with E-state index in [0.717, 1.165) is 46.8 Å². The Hall–Kier alpha value is -3.55. The monoisotopic (exact) mass is 430 g/mol. The first-order chi connectivity index (χ1) is 15.5. The number of aromatic nitrogens is 3. The van der Waals surface area contributed by atoms with E-state index >= 15 is 0 Å². The van der Waals surface area contributed by atoms with Gasteiger partial charge in [-0.2, -0.15) is 0 Å². The summed E-state index contributed by atoms with van der Waals surface area (Å²) in [6, 6.07) is 9.55. The lowest BCUT2D eigenvalue weighted by Gasteiger charge is -2.30. The van der Waals surface area contributed by atoms with E-state index in [1.807, 2.05) is 47.2 Å². The fourth-order valence-corrected chi connectivity index (χ4v) is 4.70. The zero-order valence-corrected chi connectivity index (χ0v) is 18.3. The molecule has 1 atom stereocenters. The van der Waals surface area contributed by atoms with E-state index in [9.17, 15) is 9.59 Å². The van der Waals surface area contributed by atoms with Crippen molar-refractivity contribution in [3.8, 4) is 0 Å². The van der Waals surface area contributed by atoms with Gasteiger partial charge < -0.3 is 15.1 Å². The fourth-order valence-electron chi connectivity index (χ4n) is 4.70. The van der Waals surface area contributed by atoms with Gasteiger partial charge >= 0.3 is 0 Å². The van der Waals surface area contributed by atoms with Gasteiger partial charge in [0.15, 0.2) is 0 Å². The number of fused-ring (bicyclic) bond motifs is 2. The molecule has 8 nitrogen and oxygen atoms in total. The SMILES string of the molecule is CNc1nc([C@@H]2CCN(C(C)=O)C2)nc2c1CN(C(=O)c1cccc3cccnc13)CC2. The van der Waals surface area contributed by atoms with Crippen LogP contribution in [0.1, 0.15) is 46.7 Å². The van der Waals surface area contributed by atoms with Crippen molar-refractivity contribution < 1.29 is 9.59 Å². The van der Waals surface area contributed by atoms with Gasteiger partial charge in [-0.3, -0.25) is 14.6 Å². The molecule has 0 bridgehead atoms. The Labute approximate surface area is 186 Å². The van der Waals surface area contributed by atoms with Crippen molar-refractivity contribution in [3.63, 3.8) is 0 Å². The summed E-state index contributed by atoms with van der Waals surface area (Å²) in [6.45, 7) is 4.07. The fraction of sp³-hybridized carbons (Fsp3) is 0.375. The molecule has 2 aliphatic rings. The largest absolute Gasteiger partial charge is 0.373 e. The Morgan fingerprint density at radius 3 is 2.72 bits per heavy atom. The minimum absolute atomic E-state index is 0.0287. The Kier molecular flexibility index (Phi) is 5.20. The summed E-state index contributed by atoms with van der Waals surface area (Å²) in [4.78, 5) is 42.9. The number of likely N-dealkylation sites (tertiary alicyclic amines) is 1. The molecule has 0 saturated carbocycles. The lowest BCUT2D eigenvalue weighted by Crippen LogP contribution is -2.37. The highest BCUT2D eigenvalue weighted by molar-refractivity contribution is 6.05. The quantitative estimate of drug-likeness (QED) is 0.687. The molecule has 1 fully saturated rings. The number of para-hydroxylation sites is 1. The molecule has 0 spiro atoms. The van der Waals surface area contributed by atoms with Gasteiger partial charge in [0.25, 0.3) is 5.91 Å². The molecule has 0 radical (unpaired) electrons. The zero-order valence-electron chi connectivity index (χ0n) is 18.3. The Morgan fingerprint density at radius 1 is 1.09 bits per heavy atom. The average molecular weight is 431 g/mol. The van der Waals surface area contributed by atoms with Gasteiger partial charge in [-0.15, -0.1) is 0 Å². The van der Waals surface area contributed by atoms with Gasteiger partial charge in [-0.25, -0.2) is 9.97 Å². The third-order valence-corrected chi connectivity index (χ3v) is 6.46. The summed E-state index contributed by atoms with van der Waals surface area (Å²) in [5, 5.41) is 4.15. The first-order valence-electron chi connectivity index (χ1n) is 11.0. The van der Waals surface area contributed by atoms with Crippen molar-refractivity contribution in [2.75, 3.05) is 32.0 Å². The molecular weight excluding hydrogens is 404 g/mol. The van der Waals surface area contributed by atoms with Crippen LogP contribution in [-0.4, -0.2) is 63.2 Å². The standard InChI is InChI=1S/C24H26N6O2/c1-15(31)29-11-8-17(13-29)22-27-20-9-12-30(14-19(20)23(25-2)28-22)24(32)18-7-3-5-16-6-4-10-26-21(16)18/h3-7,10,17H,8-9,11-14H2,1-2H3,(H,25,27,28)/t17-/m1/s1. The average Bonchev–Trinajstić information content (AvgIpc) is 3.33. The Bertz CT molecular complexity index is 1190. The van der Waals surface area contributed by atoms with Crippen molar-refractivity contribution >= 4 is 28.5 Å². The molecule has 0 aliphatic carbocycles. The summed E-state index contributed by atoms with van der Waals surface area (Å²) < 4.78 is 0. The second-order valence-electron chi connectivity index (χ2n) is 8.41. The molecule has 3 aromatic rings. The number of amides is 2. The first-order valence-corrected chi connectivity index (χ1v) is 11.0. The van der Waals surface area contributed by atoms with Crippen LogP contribution in [0.4, 0.5) is 5.82 Å². The van der Waals surface area contributed by atoms with Gasteiger partial charge in [0.1, 0.15) is 11.6 Å². The smallest absolute Gasteiger partial charge is 0.256 e. The minimum atomic E-state index is -0.0287. The van der Waals surface area contributed by atoms with E-state index in [0.29, 0.717) is 31.6 Å². The molecule has 32 heavy (non-hydrogen) atoms. The number of carbonyl (C=O) groups is 2. The second-order valence-corrected chi connectivity index (χ2v) is 8.41.